The van der Waals surface area contributed by atoms with E-state index in [4.69, 9.17) is 24.0 Å². The van der Waals surface area contributed by atoms with Gasteiger partial charge in [-0.2, -0.15) is 0 Å². The van der Waals surface area contributed by atoms with Crippen molar-refractivity contribution in [3.05, 3.63) is 72.1 Å². The normalized spacial score (nSPS) is 35.5. The summed E-state index contributed by atoms with van der Waals surface area (Å²) in [6.45, 7) is 9.62. The summed E-state index contributed by atoms with van der Waals surface area (Å²) in [5.41, 5.74) is 2.65. The van der Waals surface area contributed by atoms with Gasteiger partial charge in [0.1, 0.15) is 5.69 Å². The van der Waals surface area contributed by atoms with Crippen molar-refractivity contribution in [2.75, 3.05) is 31.1 Å². The zero-order chi connectivity index (χ0) is 31.5. The van der Waals surface area contributed by atoms with Crippen LogP contribution >= 0.6 is 0 Å². The van der Waals surface area contributed by atoms with Crippen LogP contribution in [0.1, 0.15) is 62.5 Å². The Morgan fingerprint density at radius 1 is 0.957 bits per heavy atom. The number of benzene rings is 2. The highest BCUT2D eigenvalue weighted by Gasteiger charge is 2.69. The molecule has 8 atom stereocenters. The molecule has 244 valence electrons. The number of fused-ring (bicyclic) bond motifs is 2. The monoisotopic (exact) mass is 629 g/mol. The van der Waals surface area contributed by atoms with Crippen molar-refractivity contribution < 1.29 is 28.8 Å². The Balaban J connectivity index is 0.919. The molecular formula is C35H43N5O6. The minimum absolute atomic E-state index is 0.0245. The molecule has 6 heterocycles. The van der Waals surface area contributed by atoms with Crippen LogP contribution in [0.3, 0.4) is 0 Å². The van der Waals surface area contributed by atoms with Gasteiger partial charge >= 0.3 is 0 Å². The molecule has 1 amide bonds. The molecule has 1 spiro atoms. The van der Waals surface area contributed by atoms with E-state index < -0.39 is 24.0 Å². The number of rotatable bonds is 6. The predicted octanol–water partition coefficient (Wildman–Crippen LogP) is 4.95. The zero-order valence-corrected chi connectivity index (χ0v) is 26.8. The van der Waals surface area contributed by atoms with Gasteiger partial charge < -0.3 is 24.0 Å². The van der Waals surface area contributed by atoms with E-state index >= 15 is 0 Å². The fourth-order valence-electron chi connectivity index (χ4n) is 8.49. The van der Waals surface area contributed by atoms with Crippen molar-refractivity contribution >= 4 is 11.6 Å². The number of amides is 1. The molecule has 2 bridgehead atoms. The highest BCUT2D eigenvalue weighted by Crippen LogP contribution is 2.60. The van der Waals surface area contributed by atoms with Gasteiger partial charge in [0.25, 0.3) is 5.91 Å². The van der Waals surface area contributed by atoms with Gasteiger partial charge in [0.15, 0.2) is 18.2 Å². The standard InChI is InChI=1S/C35H43N5O6/c1-23-12-13-30-24(2)32(43-33-35(30)29(23)14-15-34(3,44-33)45-46-35)42-22-26-21-40(37-36-26)28-11-7-8-25(20-28)31(41)39-18-16-38(17-19-39)27-9-5-4-6-10-27/h4-11,20-21,23-24,29-30,32-33H,12-19,22H2,1-3H3/t23-,24-,29+,30+,32+,33-,34-,35-/m1/s1. The van der Waals surface area contributed by atoms with Crippen LogP contribution in [0, 0.1) is 23.7 Å². The Hall–Kier alpha value is -3.35. The lowest BCUT2D eigenvalue weighted by atomic mass is 9.58. The molecule has 6 aliphatic rings. The third-order valence-corrected chi connectivity index (χ3v) is 11.1. The third-order valence-electron chi connectivity index (χ3n) is 11.1. The van der Waals surface area contributed by atoms with E-state index in [0.717, 1.165) is 44.5 Å². The molecule has 6 fully saturated rings. The summed E-state index contributed by atoms with van der Waals surface area (Å²) in [5, 5.41) is 8.73. The van der Waals surface area contributed by atoms with E-state index in [1.165, 1.54) is 5.69 Å². The minimum atomic E-state index is -0.822. The second-order valence-electron chi connectivity index (χ2n) is 13.9. The number of nitrogens with zero attached hydrogens (tertiary/aromatic N) is 5. The van der Waals surface area contributed by atoms with E-state index in [2.05, 4.69) is 41.2 Å². The lowest BCUT2D eigenvalue weighted by molar-refractivity contribution is -0.577. The Kier molecular flexibility index (Phi) is 7.64. The maximum absolute atomic E-state index is 13.4. The maximum Gasteiger partial charge on any atom is 0.254 e. The fraction of sp³-hybridized carbons (Fsp3) is 0.571. The molecule has 1 aromatic heterocycles. The van der Waals surface area contributed by atoms with Crippen LogP contribution in [0.4, 0.5) is 5.69 Å². The van der Waals surface area contributed by atoms with Gasteiger partial charge in [-0.25, -0.2) is 14.5 Å². The van der Waals surface area contributed by atoms with E-state index in [9.17, 15) is 4.79 Å². The SMILES string of the molecule is C[C@H]1[C@@H](OCc2cn(-c3cccc(C(=O)N4CCN(c5ccccc5)CC4)c3)nn2)O[C@@H]2O[C@@]3(C)CC[C@H]4[C@H](C)CC[C@@H]1[C@@]24OO3. The van der Waals surface area contributed by atoms with E-state index in [1.807, 2.05) is 60.5 Å². The Bertz CT molecular complexity index is 1560. The largest absolute Gasteiger partial charge is 0.368 e. The van der Waals surface area contributed by atoms with Crippen molar-refractivity contribution in [1.29, 1.82) is 0 Å². The molecular weight excluding hydrogens is 586 g/mol. The van der Waals surface area contributed by atoms with E-state index in [-0.39, 0.29) is 24.3 Å². The van der Waals surface area contributed by atoms with Gasteiger partial charge in [0.2, 0.25) is 5.79 Å². The Morgan fingerprint density at radius 3 is 2.59 bits per heavy atom. The zero-order valence-electron chi connectivity index (χ0n) is 26.8. The van der Waals surface area contributed by atoms with Gasteiger partial charge in [-0.05, 0) is 68.4 Å². The first-order valence-electron chi connectivity index (χ1n) is 16.8. The van der Waals surface area contributed by atoms with Crippen LogP contribution in [0.25, 0.3) is 5.69 Å². The highest BCUT2D eigenvalue weighted by molar-refractivity contribution is 5.95. The second kappa shape index (κ2) is 11.7. The number of hydrogen-bond donors (Lipinski definition) is 0. The minimum Gasteiger partial charge on any atom is -0.368 e. The number of carbonyl (C=O) groups is 1. The summed E-state index contributed by atoms with van der Waals surface area (Å²) in [6.07, 6.45) is 4.73. The molecule has 46 heavy (non-hydrogen) atoms. The summed E-state index contributed by atoms with van der Waals surface area (Å²) in [7, 11) is 0. The average molecular weight is 630 g/mol. The van der Waals surface area contributed by atoms with Crippen molar-refractivity contribution in [1.82, 2.24) is 19.9 Å². The molecule has 1 aliphatic carbocycles. The first-order chi connectivity index (χ1) is 22.3. The number of carbonyl (C=O) groups excluding carboxylic acids is 1. The summed E-state index contributed by atoms with van der Waals surface area (Å²) < 4.78 is 21.1. The second-order valence-corrected chi connectivity index (χ2v) is 13.9. The van der Waals surface area contributed by atoms with Gasteiger partial charge in [-0.15, -0.1) is 5.10 Å². The topological polar surface area (TPSA) is 100 Å². The number of ether oxygens (including phenoxy) is 3. The lowest BCUT2D eigenvalue weighted by Crippen LogP contribution is -2.70. The molecule has 0 unspecified atom stereocenters. The smallest absolute Gasteiger partial charge is 0.254 e. The predicted molar refractivity (Wildman–Crippen MR) is 168 cm³/mol. The van der Waals surface area contributed by atoms with Crippen LogP contribution < -0.4 is 4.90 Å². The molecule has 11 nitrogen and oxygen atoms in total. The van der Waals surface area contributed by atoms with Crippen LogP contribution in [-0.2, 0) is 30.6 Å². The van der Waals surface area contributed by atoms with Gasteiger partial charge in [0, 0.05) is 55.7 Å². The number of aromatic nitrogens is 3. The molecule has 3 aromatic rings. The van der Waals surface area contributed by atoms with Crippen LogP contribution in [-0.4, -0.2) is 75.9 Å². The quantitative estimate of drug-likeness (QED) is 0.351. The maximum atomic E-state index is 13.4. The summed E-state index contributed by atoms with van der Waals surface area (Å²) in [4.78, 5) is 29.8. The number of piperazine rings is 1. The van der Waals surface area contributed by atoms with Gasteiger partial charge in [-0.1, -0.05) is 43.3 Å². The average Bonchev–Trinajstić information content (AvgIpc) is 3.45. The lowest BCUT2D eigenvalue weighted by Gasteiger charge is -2.60. The van der Waals surface area contributed by atoms with Gasteiger partial charge in [-0.3, -0.25) is 4.79 Å². The van der Waals surface area contributed by atoms with Gasteiger partial charge in [0.05, 0.1) is 18.5 Å². The fourth-order valence-corrected chi connectivity index (χ4v) is 8.49. The summed E-state index contributed by atoms with van der Waals surface area (Å²) in [6, 6.07) is 17.9. The van der Waals surface area contributed by atoms with Crippen LogP contribution in [0.15, 0.2) is 60.8 Å². The number of hydrogen-bond acceptors (Lipinski definition) is 9. The molecule has 2 aromatic carbocycles. The summed E-state index contributed by atoms with van der Waals surface area (Å²) in [5.74, 6) is 0.290. The highest BCUT2D eigenvalue weighted by atomic mass is 17.3. The van der Waals surface area contributed by atoms with Crippen molar-refractivity contribution in [3.63, 3.8) is 0 Å². The molecule has 0 radical (unpaired) electrons. The molecule has 5 saturated heterocycles. The Morgan fingerprint density at radius 2 is 1.76 bits per heavy atom. The molecule has 1 saturated carbocycles. The Labute approximate surface area is 269 Å². The molecule has 11 heteroatoms. The summed E-state index contributed by atoms with van der Waals surface area (Å²) >= 11 is 0. The number of para-hydroxylation sites is 1. The van der Waals surface area contributed by atoms with Crippen molar-refractivity contribution in [2.45, 2.75) is 77.0 Å². The number of anilines is 1. The first kappa shape index (κ1) is 30.0. The first-order valence-corrected chi connectivity index (χ1v) is 16.8. The van der Waals surface area contributed by atoms with E-state index in [0.29, 0.717) is 36.2 Å². The molecule has 9 rings (SSSR count). The van der Waals surface area contributed by atoms with Crippen LogP contribution in [0.5, 0.6) is 0 Å². The van der Waals surface area contributed by atoms with Crippen molar-refractivity contribution in [3.8, 4) is 5.69 Å². The van der Waals surface area contributed by atoms with Crippen LogP contribution in [0.2, 0.25) is 0 Å². The molecule has 5 aliphatic heterocycles. The van der Waals surface area contributed by atoms with Crippen molar-refractivity contribution in [2.24, 2.45) is 23.7 Å². The van der Waals surface area contributed by atoms with E-state index in [1.54, 1.807) is 4.68 Å². The molecule has 0 N–H and O–H groups in total. The third kappa shape index (κ3) is 5.13.